The quantitative estimate of drug-likeness (QED) is 0.834. The topological polar surface area (TPSA) is 61.9 Å². The number of benzene rings is 1. The van der Waals surface area contributed by atoms with Crippen molar-refractivity contribution in [2.75, 3.05) is 26.7 Å². The molecule has 3 amide bonds. The number of carbonyl (C=O) groups excluding carboxylic acids is 2. The number of urea groups is 1. The van der Waals surface area contributed by atoms with E-state index in [9.17, 15) is 22.8 Å². The van der Waals surface area contributed by atoms with Gasteiger partial charge in [-0.05, 0) is 30.5 Å². The fourth-order valence-corrected chi connectivity index (χ4v) is 2.68. The van der Waals surface area contributed by atoms with Crippen molar-refractivity contribution in [2.45, 2.75) is 32.2 Å². The van der Waals surface area contributed by atoms with Gasteiger partial charge in [0.2, 0.25) is 5.91 Å². The number of amides is 3. The van der Waals surface area contributed by atoms with Crippen molar-refractivity contribution in [1.82, 2.24) is 15.1 Å². The molecule has 0 aliphatic carbocycles. The first kappa shape index (κ1) is 19.9. The van der Waals surface area contributed by atoms with Gasteiger partial charge in [-0.3, -0.25) is 4.79 Å². The number of hydrogen-bond acceptors (Lipinski definition) is 3. The third kappa shape index (κ3) is 6.45. The third-order valence-corrected chi connectivity index (χ3v) is 4.00. The Labute approximate surface area is 149 Å². The molecule has 0 unspecified atom stereocenters. The van der Waals surface area contributed by atoms with Crippen molar-refractivity contribution in [1.29, 1.82) is 0 Å². The largest absolute Gasteiger partial charge is 0.573 e. The van der Waals surface area contributed by atoms with Crippen LogP contribution in [-0.4, -0.2) is 54.8 Å². The minimum Gasteiger partial charge on any atom is -0.406 e. The standard InChI is InChI=1S/C17H22F3N3O3/c1-22(12-13-4-6-14(7-5-13)26-17(18,19)20)16(25)21-9-8-15(24)23-10-2-3-11-23/h4-7H,2-3,8-12H2,1H3,(H,21,25). The normalized spacial score (nSPS) is 14.2. The van der Waals surface area contributed by atoms with Crippen LogP contribution < -0.4 is 10.1 Å². The maximum atomic E-state index is 12.1. The molecular weight excluding hydrogens is 351 g/mol. The van der Waals surface area contributed by atoms with Crippen molar-refractivity contribution in [2.24, 2.45) is 0 Å². The number of alkyl halides is 3. The summed E-state index contributed by atoms with van der Waals surface area (Å²) >= 11 is 0. The average molecular weight is 373 g/mol. The molecule has 0 atom stereocenters. The maximum Gasteiger partial charge on any atom is 0.573 e. The Kier molecular flexibility index (Phi) is 6.70. The summed E-state index contributed by atoms with van der Waals surface area (Å²) in [5.74, 6) is -0.278. The van der Waals surface area contributed by atoms with Crippen molar-refractivity contribution >= 4 is 11.9 Å². The van der Waals surface area contributed by atoms with Gasteiger partial charge in [0.25, 0.3) is 0 Å². The SMILES string of the molecule is CN(Cc1ccc(OC(F)(F)F)cc1)C(=O)NCCC(=O)N1CCCC1. The molecule has 1 aliphatic heterocycles. The third-order valence-electron chi connectivity index (χ3n) is 4.00. The van der Waals surface area contributed by atoms with E-state index in [-0.39, 0.29) is 37.2 Å². The first-order chi connectivity index (χ1) is 12.2. The highest BCUT2D eigenvalue weighted by atomic mass is 19.4. The average Bonchev–Trinajstić information content (AvgIpc) is 3.09. The van der Waals surface area contributed by atoms with E-state index >= 15 is 0 Å². The lowest BCUT2D eigenvalue weighted by molar-refractivity contribution is -0.274. The van der Waals surface area contributed by atoms with E-state index in [4.69, 9.17) is 0 Å². The summed E-state index contributed by atoms with van der Waals surface area (Å²) in [6.45, 7) is 2.02. The van der Waals surface area contributed by atoms with Gasteiger partial charge in [0.15, 0.2) is 0 Å². The Morgan fingerprint density at radius 1 is 1.19 bits per heavy atom. The summed E-state index contributed by atoms with van der Waals surface area (Å²) in [5.41, 5.74) is 0.658. The summed E-state index contributed by atoms with van der Waals surface area (Å²) in [6, 6.07) is 4.96. The van der Waals surface area contributed by atoms with Gasteiger partial charge in [0.05, 0.1) is 0 Å². The lowest BCUT2D eigenvalue weighted by Crippen LogP contribution is -2.39. The van der Waals surface area contributed by atoms with Crippen LogP contribution in [0, 0.1) is 0 Å². The molecule has 144 valence electrons. The summed E-state index contributed by atoms with van der Waals surface area (Å²) in [6.07, 6.45) is -2.44. The minimum atomic E-state index is -4.73. The zero-order valence-corrected chi connectivity index (χ0v) is 14.5. The minimum absolute atomic E-state index is 0.0331. The van der Waals surface area contributed by atoms with Crippen LogP contribution in [0.1, 0.15) is 24.8 Å². The van der Waals surface area contributed by atoms with Gasteiger partial charge in [-0.25, -0.2) is 4.79 Å². The second kappa shape index (κ2) is 8.77. The molecule has 1 N–H and O–H groups in total. The molecule has 0 aromatic heterocycles. The van der Waals surface area contributed by atoms with Gasteiger partial charge in [0.1, 0.15) is 5.75 Å². The highest BCUT2D eigenvalue weighted by Gasteiger charge is 2.31. The molecule has 9 heteroatoms. The molecule has 6 nitrogen and oxygen atoms in total. The zero-order chi connectivity index (χ0) is 19.2. The predicted octanol–water partition coefficient (Wildman–Crippen LogP) is 2.74. The predicted molar refractivity (Wildman–Crippen MR) is 88.4 cm³/mol. The van der Waals surface area contributed by atoms with Crippen molar-refractivity contribution in [3.05, 3.63) is 29.8 Å². The van der Waals surface area contributed by atoms with Crippen LogP contribution in [0.2, 0.25) is 0 Å². The van der Waals surface area contributed by atoms with Gasteiger partial charge in [0, 0.05) is 39.6 Å². The number of likely N-dealkylation sites (tertiary alicyclic amines) is 1. The number of hydrogen-bond donors (Lipinski definition) is 1. The molecule has 1 saturated heterocycles. The van der Waals surface area contributed by atoms with Crippen LogP contribution in [0.25, 0.3) is 0 Å². The summed E-state index contributed by atoms with van der Waals surface area (Å²) in [5, 5.41) is 2.67. The number of rotatable bonds is 6. The highest BCUT2D eigenvalue weighted by Crippen LogP contribution is 2.23. The van der Waals surface area contributed by atoms with Gasteiger partial charge < -0.3 is 19.9 Å². The van der Waals surface area contributed by atoms with Crippen LogP contribution in [-0.2, 0) is 11.3 Å². The Morgan fingerprint density at radius 2 is 1.81 bits per heavy atom. The molecule has 2 rings (SSSR count). The van der Waals surface area contributed by atoms with Gasteiger partial charge in [-0.1, -0.05) is 12.1 Å². The number of carbonyl (C=O) groups is 2. The molecule has 1 heterocycles. The van der Waals surface area contributed by atoms with E-state index in [0.29, 0.717) is 5.56 Å². The summed E-state index contributed by atoms with van der Waals surface area (Å²) in [7, 11) is 1.57. The Hall–Kier alpha value is -2.45. The van der Waals surface area contributed by atoms with Crippen LogP contribution in [0.4, 0.5) is 18.0 Å². The fourth-order valence-electron chi connectivity index (χ4n) is 2.68. The van der Waals surface area contributed by atoms with Gasteiger partial charge in [-0.2, -0.15) is 0 Å². The molecule has 0 radical (unpaired) electrons. The highest BCUT2D eigenvalue weighted by molar-refractivity contribution is 5.78. The van der Waals surface area contributed by atoms with E-state index in [0.717, 1.165) is 25.9 Å². The first-order valence-electron chi connectivity index (χ1n) is 8.36. The second-order valence-electron chi connectivity index (χ2n) is 6.12. The van der Waals surface area contributed by atoms with E-state index < -0.39 is 6.36 Å². The van der Waals surface area contributed by atoms with E-state index in [2.05, 4.69) is 10.1 Å². The summed E-state index contributed by atoms with van der Waals surface area (Å²) < 4.78 is 40.2. The fraction of sp³-hybridized carbons (Fsp3) is 0.529. The van der Waals surface area contributed by atoms with Gasteiger partial charge >= 0.3 is 12.4 Å². The van der Waals surface area contributed by atoms with Gasteiger partial charge in [-0.15, -0.1) is 13.2 Å². The monoisotopic (exact) mass is 373 g/mol. The Balaban J connectivity index is 1.73. The van der Waals surface area contributed by atoms with Crippen molar-refractivity contribution in [3.63, 3.8) is 0 Å². The van der Waals surface area contributed by atoms with Crippen LogP contribution in [0.3, 0.4) is 0 Å². The van der Waals surface area contributed by atoms with E-state index in [1.807, 2.05) is 0 Å². The lowest BCUT2D eigenvalue weighted by atomic mass is 10.2. The van der Waals surface area contributed by atoms with Crippen LogP contribution >= 0.6 is 0 Å². The molecule has 26 heavy (non-hydrogen) atoms. The summed E-state index contributed by atoms with van der Waals surface area (Å²) in [4.78, 5) is 27.1. The number of ether oxygens (including phenoxy) is 1. The molecule has 1 aromatic rings. The molecule has 0 spiro atoms. The number of nitrogens with zero attached hydrogens (tertiary/aromatic N) is 2. The van der Waals surface area contributed by atoms with E-state index in [1.165, 1.54) is 29.2 Å². The second-order valence-corrected chi connectivity index (χ2v) is 6.12. The number of halogens is 3. The maximum absolute atomic E-state index is 12.1. The molecule has 0 bridgehead atoms. The van der Waals surface area contributed by atoms with Crippen molar-refractivity contribution < 1.29 is 27.5 Å². The molecule has 1 aliphatic rings. The zero-order valence-electron chi connectivity index (χ0n) is 14.5. The molecule has 1 fully saturated rings. The van der Waals surface area contributed by atoms with E-state index in [1.54, 1.807) is 11.9 Å². The van der Waals surface area contributed by atoms with Crippen LogP contribution in [0.5, 0.6) is 5.75 Å². The molecule has 1 aromatic carbocycles. The van der Waals surface area contributed by atoms with Crippen LogP contribution in [0.15, 0.2) is 24.3 Å². The van der Waals surface area contributed by atoms with Crippen molar-refractivity contribution in [3.8, 4) is 5.75 Å². The molecular formula is C17H22F3N3O3. The number of nitrogens with one attached hydrogen (secondary N) is 1. The smallest absolute Gasteiger partial charge is 0.406 e. The Morgan fingerprint density at radius 3 is 2.38 bits per heavy atom. The molecule has 0 saturated carbocycles. The lowest BCUT2D eigenvalue weighted by Gasteiger charge is -2.19. The first-order valence-corrected chi connectivity index (χ1v) is 8.36. The Bertz CT molecular complexity index is 614.